The second kappa shape index (κ2) is 7.83. The quantitative estimate of drug-likeness (QED) is 0.706. The Hall–Kier alpha value is -3.14. The molecule has 2 N–H and O–H groups in total. The molecule has 3 aromatic rings. The molecular formula is C22H23N3O. The van der Waals surface area contributed by atoms with Gasteiger partial charge >= 0.3 is 0 Å². The Morgan fingerprint density at radius 1 is 0.846 bits per heavy atom. The van der Waals surface area contributed by atoms with Crippen molar-refractivity contribution in [3.8, 4) is 0 Å². The van der Waals surface area contributed by atoms with Gasteiger partial charge in [0.2, 0.25) is 0 Å². The highest BCUT2D eigenvalue weighted by Gasteiger charge is 2.07. The zero-order chi connectivity index (χ0) is 18.5. The van der Waals surface area contributed by atoms with Gasteiger partial charge in [0.25, 0.3) is 5.91 Å². The molecule has 0 unspecified atom stereocenters. The number of benzene rings is 2. The van der Waals surface area contributed by atoms with Crippen LogP contribution in [0.5, 0.6) is 0 Å². The van der Waals surface area contributed by atoms with Crippen molar-refractivity contribution in [1.82, 2.24) is 10.3 Å². The Morgan fingerprint density at radius 3 is 2.15 bits per heavy atom. The van der Waals surface area contributed by atoms with Gasteiger partial charge in [-0.3, -0.25) is 4.79 Å². The molecule has 4 heteroatoms. The molecule has 4 nitrogen and oxygen atoms in total. The summed E-state index contributed by atoms with van der Waals surface area (Å²) in [7, 11) is 0. The van der Waals surface area contributed by atoms with Gasteiger partial charge in [-0.05, 0) is 61.7 Å². The summed E-state index contributed by atoms with van der Waals surface area (Å²) in [6.45, 7) is 6.67. The van der Waals surface area contributed by atoms with Gasteiger partial charge in [0.05, 0.1) is 11.9 Å². The van der Waals surface area contributed by atoms with Crippen LogP contribution < -0.4 is 10.6 Å². The predicted octanol–water partition coefficient (Wildman–Crippen LogP) is 4.68. The van der Waals surface area contributed by atoms with Crippen LogP contribution in [0.4, 0.5) is 11.4 Å². The van der Waals surface area contributed by atoms with E-state index in [1.165, 1.54) is 16.7 Å². The third-order valence-corrected chi connectivity index (χ3v) is 4.08. The van der Waals surface area contributed by atoms with Gasteiger partial charge in [0, 0.05) is 12.2 Å². The standard InChI is InChI=1S/C22H23N3O/c1-15-4-6-18(7-5-15)13-24-22(26)21-9-8-19(14-23-21)25-20-11-16(2)10-17(3)12-20/h4-12,14,25H,13H2,1-3H3,(H,24,26). The fraction of sp³-hybridized carbons (Fsp3) is 0.182. The Kier molecular flexibility index (Phi) is 5.32. The smallest absolute Gasteiger partial charge is 0.270 e. The lowest BCUT2D eigenvalue weighted by Gasteiger charge is -2.09. The zero-order valence-electron chi connectivity index (χ0n) is 15.3. The van der Waals surface area contributed by atoms with Crippen LogP contribution in [0.15, 0.2) is 60.8 Å². The van der Waals surface area contributed by atoms with Gasteiger partial charge < -0.3 is 10.6 Å². The molecule has 1 heterocycles. The summed E-state index contributed by atoms with van der Waals surface area (Å²) in [6, 6.07) is 18.0. The van der Waals surface area contributed by atoms with Gasteiger partial charge in [0.1, 0.15) is 5.69 Å². The van der Waals surface area contributed by atoms with Gasteiger partial charge in [-0.2, -0.15) is 0 Å². The number of aryl methyl sites for hydroxylation is 3. The van der Waals surface area contributed by atoms with Crippen molar-refractivity contribution in [1.29, 1.82) is 0 Å². The topological polar surface area (TPSA) is 54.0 Å². The van der Waals surface area contributed by atoms with E-state index in [-0.39, 0.29) is 5.91 Å². The van der Waals surface area contributed by atoms with Gasteiger partial charge in [0.15, 0.2) is 0 Å². The highest BCUT2D eigenvalue weighted by molar-refractivity contribution is 5.92. The first-order chi connectivity index (χ1) is 12.5. The summed E-state index contributed by atoms with van der Waals surface area (Å²) in [6.07, 6.45) is 1.68. The number of aromatic nitrogens is 1. The van der Waals surface area contributed by atoms with E-state index in [0.29, 0.717) is 12.2 Å². The van der Waals surface area contributed by atoms with Crippen molar-refractivity contribution in [3.63, 3.8) is 0 Å². The van der Waals surface area contributed by atoms with Crippen molar-refractivity contribution < 1.29 is 4.79 Å². The maximum absolute atomic E-state index is 12.2. The summed E-state index contributed by atoms with van der Waals surface area (Å²) in [4.78, 5) is 16.5. The fourth-order valence-electron chi connectivity index (χ4n) is 2.79. The summed E-state index contributed by atoms with van der Waals surface area (Å²) in [5.41, 5.74) is 6.94. The summed E-state index contributed by atoms with van der Waals surface area (Å²) < 4.78 is 0. The molecular weight excluding hydrogens is 322 g/mol. The minimum atomic E-state index is -0.177. The Bertz CT molecular complexity index is 879. The van der Waals surface area contributed by atoms with E-state index in [1.807, 2.05) is 37.3 Å². The van der Waals surface area contributed by atoms with Crippen LogP contribution in [0.25, 0.3) is 0 Å². The van der Waals surface area contributed by atoms with E-state index in [4.69, 9.17) is 0 Å². The monoisotopic (exact) mass is 345 g/mol. The molecule has 132 valence electrons. The van der Waals surface area contributed by atoms with E-state index in [0.717, 1.165) is 16.9 Å². The van der Waals surface area contributed by atoms with Crippen molar-refractivity contribution in [2.45, 2.75) is 27.3 Å². The molecule has 26 heavy (non-hydrogen) atoms. The van der Waals surface area contributed by atoms with Gasteiger partial charge in [-0.15, -0.1) is 0 Å². The predicted molar refractivity (Wildman–Crippen MR) is 106 cm³/mol. The molecule has 2 aromatic carbocycles. The summed E-state index contributed by atoms with van der Waals surface area (Å²) >= 11 is 0. The summed E-state index contributed by atoms with van der Waals surface area (Å²) in [5.74, 6) is -0.177. The van der Waals surface area contributed by atoms with E-state index >= 15 is 0 Å². The van der Waals surface area contributed by atoms with E-state index in [9.17, 15) is 4.79 Å². The third-order valence-electron chi connectivity index (χ3n) is 4.08. The molecule has 3 rings (SSSR count). The first kappa shape index (κ1) is 17.7. The number of hydrogen-bond donors (Lipinski definition) is 2. The lowest BCUT2D eigenvalue weighted by molar-refractivity contribution is 0.0946. The van der Waals surface area contributed by atoms with Crippen LogP contribution in [-0.2, 0) is 6.54 Å². The number of pyridine rings is 1. The minimum absolute atomic E-state index is 0.177. The molecule has 0 radical (unpaired) electrons. The molecule has 0 saturated heterocycles. The normalized spacial score (nSPS) is 10.4. The highest BCUT2D eigenvalue weighted by Crippen LogP contribution is 2.19. The lowest BCUT2D eigenvalue weighted by atomic mass is 10.1. The number of nitrogens with one attached hydrogen (secondary N) is 2. The van der Waals surface area contributed by atoms with Crippen LogP contribution in [0.2, 0.25) is 0 Å². The van der Waals surface area contributed by atoms with Gasteiger partial charge in [-0.1, -0.05) is 35.9 Å². The molecule has 0 atom stereocenters. The Labute approximate surface area is 154 Å². The number of carbonyl (C=O) groups excluding carboxylic acids is 1. The molecule has 0 aliphatic heterocycles. The van der Waals surface area contributed by atoms with Crippen LogP contribution in [0.1, 0.15) is 32.7 Å². The number of anilines is 2. The second-order valence-electron chi connectivity index (χ2n) is 6.60. The molecule has 1 amide bonds. The largest absolute Gasteiger partial charge is 0.354 e. The third kappa shape index (κ3) is 4.70. The van der Waals surface area contributed by atoms with E-state index < -0.39 is 0 Å². The van der Waals surface area contributed by atoms with Crippen LogP contribution in [0, 0.1) is 20.8 Å². The maximum Gasteiger partial charge on any atom is 0.270 e. The molecule has 0 aliphatic rings. The average molecular weight is 345 g/mol. The van der Waals surface area contributed by atoms with Gasteiger partial charge in [-0.25, -0.2) is 4.98 Å². The van der Waals surface area contributed by atoms with Crippen LogP contribution in [-0.4, -0.2) is 10.9 Å². The fourth-order valence-corrected chi connectivity index (χ4v) is 2.79. The molecule has 0 saturated carbocycles. The van der Waals surface area contributed by atoms with E-state index in [2.05, 4.69) is 47.7 Å². The first-order valence-electron chi connectivity index (χ1n) is 8.65. The lowest BCUT2D eigenvalue weighted by Crippen LogP contribution is -2.23. The molecule has 0 fully saturated rings. The van der Waals surface area contributed by atoms with Crippen LogP contribution >= 0.6 is 0 Å². The number of nitrogens with zero attached hydrogens (tertiary/aromatic N) is 1. The SMILES string of the molecule is Cc1ccc(CNC(=O)c2ccc(Nc3cc(C)cc(C)c3)cn2)cc1. The second-order valence-corrected chi connectivity index (χ2v) is 6.60. The minimum Gasteiger partial charge on any atom is -0.354 e. The summed E-state index contributed by atoms with van der Waals surface area (Å²) in [5, 5.41) is 6.22. The zero-order valence-corrected chi connectivity index (χ0v) is 15.3. The molecule has 0 spiro atoms. The van der Waals surface area contributed by atoms with Crippen molar-refractivity contribution in [3.05, 3.63) is 88.7 Å². The van der Waals surface area contributed by atoms with Crippen LogP contribution in [0.3, 0.4) is 0 Å². The molecule has 0 aliphatic carbocycles. The Morgan fingerprint density at radius 2 is 1.54 bits per heavy atom. The number of amides is 1. The number of hydrogen-bond acceptors (Lipinski definition) is 3. The first-order valence-corrected chi connectivity index (χ1v) is 8.65. The van der Waals surface area contributed by atoms with Crippen molar-refractivity contribution in [2.75, 3.05) is 5.32 Å². The highest BCUT2D eigenvalue weighted by atomic mass is 16.1. The molecule has 0 bridgehead atoms. The van der Waals surface area contributed by atoms with Crippen molar-refractivity contribution >= 4 is 17.3 Å². The maximum atomic E-state index is 12.2. The number of carbonyl (C=O) groups is 1. The average Bonchev–Trinajstić information content (AvgIpc) is 2.61. The Balaban J connectivity index is 1.61. The van der Waals surface area contributed by atoms with Crippen molar-refractivity contribution in [2.24, 2.45) is 0 Å². The number of rotatable bonds is 5. The molecule has 1 aromatic heterocycles. The van der Waals surface area contributed by atoms with E-state index in [1.54, 1.807) is 12.3 Å².